The van der Waals surface area contributed by atoms with Crippen LogP contribution in [0.4, 0.5) is 0 Å². The fraction of sp³-hybridized carbons (Fsp3) is 1.00. The molecule has 12 heteroatoms. The predicted molar refractivity (Wildman–Crippen MR) is 152 cm³/mol. The topological polar surface area (TPSA) is 67.9 Å². The summed E-state index contributed by atoms with van der Waals surface area (Å²) in [6.45, 7) is 28.1. The molecule has 204 valence electrons. The highest BCUT2D eigenvalue weighted by Crippen LogP contribution is 2.31. The second-order valence-electron chi connectivity index (χ2n) is 12.2. The van der Waals surface area contributed by atoms with Crippen LogP contribution in [0.25, 0.3) is 0 Å². The van der Waals surface area contributed by atoms with E-state index in [4.69, 9.17) is 30.7 Å². The second-order valence-corrected chi connectivity index (χ2v) is 32.2. The quantitative estimate of drug-likeness (QED) is 0.0982. The van der Waals surface area contributed by atoms with Crippen LogP contribution in [0.5, 0.6) is 0 Å². The summed E-state index contributed by atoms with van der Waals surface area (Å²) in [6.07, 6.45) is 3.20. The molecular formula is C22H54O7Si5. The number of hydrogen-bond donors (Lipinski definition) is 0. The van der Waals surface area contributed by atoms with Crippen LogP contribution in [0, 0.1) is 0 Å². The van der Waals surface area contributed by atoms with Crippen LogP contribution >= 0.6 is 0 Å². The third-order valence-corrected chi connectivity index (χ3v) is 23.1. The first-order chi connectivity index (χ1) is 15.5. The van der Waals surface area contributed by atoms with Gasteiger partial charge in [0.15, 0.2) is 16.6 Å². The highest BCUT2D eigenvalue weighted by molar-refractivity contribution is 6.90. The summed E-state index contributed by atoms with van der Waals surface area (Å²) < 4.78 is 44.2. The zero-order valence-electron chi connectivity index (χ0n) is 24.0. The SMILES string of the molecule is CCCOCCC[Si](C)(O[Si](C)(C)C)O[Si](C)(CCCOCC1CO1)O[Si](C)(C)O[Si](C)(C)C. The summed E-state index contributed by atoms with van der Waals surface area (Å²) in [5.41, 5.74) is 0. The lowest BCUT2D eigenvalue weighted by molar-refractivity contribution is 0.115. The third-order valence-electron chi connectivity index (χ3n) is 4.86. The molecule has 3 atom stereocenters. The van der Waals surface area contributed by atoms with Gasteiger partial charge in [0, 0.05) is 19.8 Å². The van der Waals surface area contributed by atoms with Crippen molar-refractivity contribution in [1.29, 1.82) is 0 Å². The number of ether oxygens (including phenoxy) is 3. The smallest absolute Gasteiger partial charge is 0.317 e. The van der Waals surface area contributed by atoms with E-state index < -0.39 is 42.3 Å². The summed E-state index contributed by atoms with van der Waals surface area (Å²) in [7, 11) is -11.0. The molecule has 0 aliphatic carbocycles. The molecule has 0 spiro atoms. The Morgan fingerprint density at radius 3 is 1.62 bits per heavy atom. The molecule has 0 bridgehead atoms. The molecule has 0 saturated carbocycles. The normalized spacial score (nSPS) is 20.7. The molecule has 1 saturated heterocycles. The van der Waals surface area contributed by atoms with Gasteiger partial charge in [0.25, 0.3) is 0 Å². The van der Waals surface area contributed by atoms with E-state index in [0.29, 0.717) is 19.3 Å². The van der Waals surface area contributed by atoms with Crippen molar-refractivity contribution >= 4 is 42.3 Å². The lowest BCUT2D eigenvalue weighted by Crippen LogP contribution is -2.60. The van der Waals surface area contributed by atoms with Crippen LogP contribution in [-0.2, 0) is 30.7 Å². The molecule has 7 nitrogen and oxygen atoms in total. The lowest BCUT2D eigenvalue weighted by Gasteiger charge is -2.44. The molecule has 0 radical (unpaired) electrons. The maximum Gasteiger partial charge on any atom is 0.317 e. The maximum atomic E-state index is 7.10. The van der Waals surface area contributed by atoms with E-state index in [-0.39, 0.29) is 0 Å². The maximum absolute atomic E-state index is 7.10. The average Bonchev–Trinajstić information content (AvgIpc) is 3.40. The molecule has 1 heterocycles. The number of hydrogen-bond acceptors (Lipinski definition) is 7. The number of rotatable bonds is 20. The fourth-order valence-corrected chi connectivity index (χ4v) is 28.0. The van der Waals surface area contributed by atoms with Gasteiger partial charge in [0.2, 0.25) is 0 Å². The lowest BCUT2D eigenvalue weighted by atomic mass is 10.5. The minimum absolute atomic E-state index is 0.295. The van der Waals surface area contributed by atoms with Crippen molar-refractivity contribution < 1.29 is 30.7 Å². The number of epoxide rings is 1. The first-order valence-electron chi connectivity index (χ1n) is 13.0. The summed E-state index contributed by atoms with van der Waals surface area (Å²) in [5.74, 6) is 0. The summed E-state index contributed by atoms with van der Waals surface area (Å²) >= 11 is 0. The van der Waals surface area contributed by atoms with E-state index in [1.165, 1.54) is 0 Å². The Labute approximate surface area is 215 Å². The summed E-state index contributed by atoms with van der Waals surface area (Å²) in [4.78, 5) is 0. The van der Waals surface area contributed by atoms with Gasteiger partial charge in [-0.25, -0.2) is 0 Å². The summed E-state index contributed by atoms with van der Waals surface area (Å²) in [5, 5.41) is 0. The molecule has 0 aromatic rings. The van der Waals surface area contributed by atoms with Gasteiger partial charge in [0.05, 0.1) is 13.2 Å². The Morgan fingerprint density at radius 1 is 0.647 bits per heavy atom. The third kappa shape index (κ3) is 16.5. The molecule has 3 unspecified atom stereocenters. The highest BCUT2D eigenvalue weighted by atomic mass is 28.5. The van der Waals surface area contributed by atoms with Crippen molar-refractivity contribution in [2.24, 2.45) is 0 Å². The first kappa shape index (κ1) is 32.8. The van der Waals surface area contributed by atoms with Gasteiger partial charge in [0.1, 0.15) is 6.10 Å². The molecule has 1 aliphatic rings. The molecule has 0 aromatic heterocycles. The Hall–Kier alpha value is 0.804. The Morgan fingerprint density at radius 2 is 1.15 bits per heavy atom. The van der Waals surface area contributed by atoms with Gasteiger partial charge < -0.3 is 30.7 Å². The van der Waals surface area contributed by atoms with Gasteiger partial charge in [-0.05, 0) is 96.8 Å². The molecule has 34 heavy (non-hydrogen) atoms. The average molecular weight is 571 g/mol. The molecule has 0 amide bonds. The van der Waals surface area contributed by atoms with Crippen LogP contribution in [0.3, 0.4) is 0 Å². The Balaban J connectivity index is 2.94. The molecule has 1 rings (SSSR count). The zero-order chi connectivity index (χ0) is 26.1. The van der Waals surface area contributed by atoms with E-state index in [9.17, 15) is 0 Å². The minimum atomic E-state index is -2.59. The predicted octanol–water partition coefficient (Wildman–Crippen LogP) is 6.19. The Kier molecular flexibility index (Phi) is 13.6. The standard InChI is InChI=1S/C22H54O7Si5/c1-12-15-23-16-13-18-33(10,27-31(5,6)7)29-34(11,19-14-17-24-20-22-21-25-22)28-32(8,9)26-30(2,3)4/h22H,12-21H2,1-11H3. The second kappa shape index (κ2) is 14.1. The van der Waals surface area contributed by atoms with Gasteiger partial charge in [-0.3, -0.25) is 0 Å². The van der Waals surface area contributed by atoms with Crippen molar-refractivity contribution in [3.8, 4) is 0 Å². The van der Waals surface area contributed by atoms with Crippen LogP contribution < -0.4 is 0 Å². The van der Waals surface area contributed by atoms with Crippen LogP contribution in [0.15, 0.2) is 0 Å². The van der Waals surface area contributed by atoms with E-state index in [0.717, 1.165) is 51.2 Å². The molecular weight excluding hydrogens is 517 g/mol. The molecule has 0 aromatic carbocycles. The van der Waals surface area contributed by atoms with E-state index in [1.54, 1.807) is 0 Å². The highest BCUT2D eigenvalue weighted by Gasteiger charge is 2.48. The largest absolute Gasteiger partial charge is 0.437 e. The van der Waals surface area contributed by atoms with Crippen molar-refractivity contribution in [2.45, 2.75) is 110 Å². The first-order valence-corrected chi connectivity index (χ1v) is 27.7. The van der Waals surface area contributed by atoms with Crippen molar-refractivity contribution in [3.63, 3.8) is 0 Å². The molecule has 0 N–H and O–H groups in total. The monoisotopic (exact) mass is 570 g/mol. The van der Waals surface area contributed by atoms with E-state index in [2.05, 4.69) is 72.4 Å². The van der Waals surface area contributed by atoms with E-state index in [1.807, 2.05) is 0 Å². The van der Waals surface area contributed by atoms with Crippen molar-refractivity contribution in [1.82, 2.24) is 0 Å². The minimum Gasteiger partial charge on any atom is -0.437 e. The summed E-state index contributed by atoms with van der Waals surface area (Å²) in [6, 6.07) is 1.79. The molecule has 1 fully saturated rings. The van der Waals surface area contributed by atoms with Crippen molar-refractivity contribution in [2.75, 3.05) is 33.0 Å². The van der Waals surface area contributed by atoms with Crippen LogP contribution in [-0.4, -0.2) is 81.5 Å². The van der Waals surface area contributed by atoms with Crippen LogP contribution in [0.2, 0.25) is 77.6 Å². The van der Waals surface area contributed by atoms with Gasteiger partial charge in [-0.2, -0.15) is 0 Å². The Bertz CT molecular complexity index is 581. The van der Waals surface area contributed by atoms with Gasteiger partial charge in [-0.1, -0.05) is 6.92 Å². The van der Waals surface area contributed by atoms with Crippen molar-refractivity contribution in [3.05, 3.63) is 0 Å². The van der Waals surface area contributed by atoms with E-state index >= 15 is 0 Å². The zero-order valence-corrected chi connectivity index (χ0v) is 29.0. The van der Waals surface area contributed by atoms with Crippen LogP contribution in [0.1, 0.15) is 26.2 Å². The van der Waals surface area contributed by atoms with Gasteiger partial charge >= 0.3 is 25.7 Å². The fourth-order valence-electron chi connectivity index (χ4n) is 4.24. The molecule has 1 aliphatic heterocycles. The van der Waals surface area contributed by atoms with Gasteiger partial charge in [-0.15, -0.1) is 0 Å².